The molecule has 0 atom stereocenters. The molecule has 0 bridgehead atoms. The Morgan fingerprint density at radius 2 is 1.74 bits per heavy atom. The number of likely N-dealkylation sites (N-methyl/N-ethyl adjacent to an activating group) is 1. The van der Waals surface area contributed by atoms with E-state index in [0.29, 0.717) is 40.1 Å². The van der Waals surface area contributed by atoms with E-state index in [1.165, 1.54) is 7.11 Å². The predicted octanol–water partition coefficient (Wildman–Crippen LogP) is 5.96. The van der Waals surface area contributed by atoms with Crippen molar-refractivity contribution in [3.8, 4) is 5.75 Å². The maximum atomic E-state index is 16.3. The van der Waals surface area contributed by atoms with E-state index in [9.17, 15) is 0 Å². The number of benzene rings is 2. The zero-order chi connectivity index (χ0) is 32.4. The van der Waals surface area contributed by atoms with E-state index in [1.807, 2.05) is 18.2 Å². The number of halogens is 2. The SMILES string of the molecule is CCc1cc(Nc2ncc(Br)c(Nc3ccc4nccnc4c3P(C)C)n2)c(OC)c(F)c1N1CCC(N2CCN(C)CC2)CC1. The Balaban J connectivity index is 1.24. The van der Waals surface area contributed by atoms with Gasteiger partial charge in [-0.1, -0.05) is 14.8 Å². The second-order valence-electron chi connectivity index (χ2n) is 12.1. The maximum Gasteiger partial charge on any atom is 0.229 e. The first kappa shape index (κ1) is 32.7. The lowest BCUT2D eigenvalue weighted by Crippen LogP contribution is -2.52. The van der Waals surface area contributed by atoms with Crippen molar-refractivity contribution >= 4 is 69.0 Å². The van der Waals surface area contributed by atoms with Crippen molar-refractivity contribution in [1.82, 2.24) is 29.7 Å². The molecule has 0 unspecified atom stereocenters. The van der Waals surface area contributed by atoms with E-state index < -0.39 is 7.92 Å². The molecule has 0 radical (unpaired) electrons. The fourth-order valence-corrected chi connectivity index (χ4v) is 8.06. The van der Waals surface area contributed by atoms with Crippen LogP contribution in [0.3, 0.4) is 0 Å². The molecule has 10 nitrogen and oxygen atoms in total. The number of aromatic nitrogens is 4. The highest BCUT2D eigenvalue weighted by Crippen LogP contribution is 2.41. The molecule has 0 amide bonds. The summed E-state index contributed by atoms with van der Waals surface area (Å²) in [4.78, 5) is 25.5. The molecule has 2 saturated heterocycles. The number of aryl methyl sites for hydroxylation is 1. The molecule has 4 aromatic rings. The van der Waals surface area contributed by atoms with Crippen LogP contribution in [-0.4, -0.2) is 103 Å². The molecule has 2 aliphatic rings. The van der Waals surface area contributed by atoms with Crippen LogP contribution in [-0.2, 0) is 6.42 Å². The van der Waals surface area contributed by atoms with Crippen molar-refractivity contribution in [2.45, 2.75) is 32.2 Å². The molecule has 13 heteroatoms. The van der Waals surface area contributed by atoms with Crippen molar-refractivity contribution in [3.63, 3.8) is 0 Å². The zero-order valence-corrected chi connectivity index (χ0v) is 29.6. The summed E-state index contributed by atoms with van der Waals surface area (Å²) in [5.74, 6) is 0.712. The number of piperazine rings is 1. The number of nitrogens with zero attached hydrogens (tertiary/aromatic N) is 7. The Morgan fingerprint density at radius 3 is 2.43 bits per heavy atom. The van der Waals surface area contributed by atoms with Crippen molar-refractivity contribution in [3.05, 3.63) is 52.6 Å². The first-order valence-corrected chi connectivity index (χ1v) is 18.8. The number of piperidine rings is 1. The van der Waals surface area contributed by atoms with Gasteiger partial charge in [-0.25, -0.2) is 9.37 Å². The van der Waals surface area contributed by atoms with Crippen LogP contribution in [0.25, 0.3) is 11.0 Å². The maximum absolute atomic E-state index is 16.3. The monoisotopic (exact) mass is 709 g/mol. The summed E-state index contributed by atoms with van der Waals surface area (Å²) in [6.07, 6.45) is 7.84. The lowest BCUT2D eigenvalue weighted by Gasteiger charge is -2.43. The number of rotatable bonds is 9. The summed E-state index contributed by atoms with van der Waals surface area (Å²) in [6.45, 7) is 12.5. The fourth-order valence-electron chi connectivity index (χ4n) is 6.56. The van der Waals surface area contributed by atoms with Crippen molar-refractivity contribution in [2.75, 3.05) is 82.3 Å². The van der Waals surface area contributed by atoms with Crippen LogP contribution in [0.2, 0.25) is 0 Å². The number of anilines is 5. The van der Waals surface area contributed by atoms with Gasteiger partial charge in [-0.05, 0) is 79.3 Å². The van der Waals surface area contributed by atoms with Gasteiger partial charge in [0, 0.05) is 74.9 Å². The zero-order valence-electron chi connectivity index (χ0n) is 27.1. The molecule has 0 spiro atoms. The van der Waals surface area contributed by atoms with E-state index in [0.717, 1.165) is 79.7 Å². The minimum Gasteiger partial charge on any atom is -0.492 e. The lowest BCUT2D eigenvalue weighted by atomic mass is 9.99. The predicted molar refractivity (Wildman–Crippen MR) is 191 cm³/mol. The highest BCUT2D eigenvalue weighted by molar-refractivity contribution is 9.10. The van der Waals surface area contributed by atoms with E-state index in [2.05, 4.69) is 83.5 Å². The second-order valence-corrected chi connectivity index (χ2v) is 15.2. The molecule has 4 heterocycles. The van der Waals surface area contributed by atoms with Gasteiger partial charge < -0.3 is 25.2 Å². The van der Waals surface area contributed by atoms with Crippen LogP contribution < -0.4 is 25.6 Å². The van der Waals surface area contributed by atoms with E-state index in [4.69, 9.17) is 9.72 Å². The van der Waals surface area contributed by atoms with Crippen LogP contribution in [0.5, 0.6) is 5.75 Å². The quantitative estimate of drug-likeness (QED) is 0.203. The van der Waals surface area contributed by atoms with Crippen LogP contribution in [0.15, 0.2) is 41.3 Å². The molecule has 2 aromatic heterocycles. The summed E-state index contributed by atoms with van der Waals surface area (Å²) < 4.78 is 22.7. The van der Waals surface area contributed by atoms with E-state index in [-0.39, 0.29) is 11.6 Å². The van der Waals surface area contributed by atoms with Crippen LogP contribution in [0.4, 0.5) is 33.2 Å². The number of ether oxygens (including phenoxy) is 1. The molecule has 2 aliphatic heterocycles. The number of hydrogen-bond donors (Lipinski definition) is 2. The van der Waals surface area contributed by atoms with Crippen LogP contribution in [0.1, 0.15) is 25.3 Å². The van der Waals surface area contributed by atoms with Gasteiger partial charge in [0.25, 0.3) is 0 Å². The molecular weight excluding hydrogens is 668 g/mol. The van der Waals surface area contributed by atoms with Gasteiger partial charge in [0.2, 0.25) is 5.95 Å². The summed E-state index contributed by atoms with van der Waals surface area (Å²) in [5, 5.41) is 7.84. The molecule has 244 valence electrons. The minimum absolute atomic E-state index is 0.160. The molecule has 46 heavy (non-hydrogen) atoms. The molecule has 2 N–H and O–H groups in total. The molecular formula is C33H42BrFN9OP. The third kappa shape index (κ3) is 6.76. The number of hydrogen-bond acceptors (Lipinski definition) is 10. The highest BCUT2D eigenvalue weighted by Gasteiger charge is 2.30. The second kappa shape index (κ2) is 14.3. The van der Waals surface area contributed by atoms with Gasteiger partial charge in [-0.2, -0.15) is 4.98 Å². The normalized spacial score (nSPS) is 16.7. The molecule has 6 rings (SSSR count). The molecule has 2 aromatic carbocycles. The Morgan fingerprint density at radius 1 is 1.00 bits per heavy atom. The third-order valence-electron chi connectivity index (χ3n) is 9.00. The van der Waals surface area contributed by atoms with Gasteiger partial charge in [0.15, 0.2) is 11.6 Å². The third-order valence-corrected chi connectivity index (χ3v) is 10.9. The number of fused-ring (bicyclic) bond motifs is 1. The minimum atomic E-state index is -0.508. The van der Waals surface area contributed by atoms with E-state index in [1.54, 1.807) is 18.6 Å². The van der Waals surface area contributed by atoms with Gasteiger partial charge >= 0.3 is 0 Å². The highest BCUT2D eigenvalue weighted by atomic mass is 79.9. The summed E-state index contributed by atoms with van der Waals surface area (Å²) in [6, 6.07) is 6.50. The smallest absolute Gasteiger partial charge is 0.229 e. The fraction of sp³-hybridized carbons (Fsp3) is 0.455. The number of methoxy groups -OCH3 is 1. The number of nitrogens with one attached hydrogen (secondary N) is 2. The molecule has 2 fully saturated rings. The average Bonchev–Trinajstić information content (AvgIpc) is 3.06. The standard InChI is InChI=1S/C33H42BrFN9OP/c1-6-21-19-26(30(45-3)27(35)29(21)44-13-9-22(10-14-44)43-17-15-42(2)16-18-43)40-33-38-20-23(34)32(41-33)39-25-8-7-24-28(31(25)46(4)5)37-12-11-36-24/h7-8,11-12,19-20,22H,6,9-10,13-18H2,1-5H3,(H2,38,39,40,41). The van der Waals surface area contributed by atoms with Gasteiger partial charge in [-0.15, -0.1) is 0 Å². The van der Waals surface area contributed by atoms with Gasteiger partial charge in [0.05, 0.1) is 34.0 Å². The lowest BCUT2D eigenvalue weighted by molar-refractivity contribution is 0.0981. The van der Waals surface area contributed by atoms with Crippen molar-refractivity contribution < 1.29 is 9.13 Å². The largest absolute Gasteiger partial charge is 0.492 e. The first-order chi connectivity index (χ1) is 22.3. The van der Waals surface area contributed by atoms with Gasteiger partial charge in [-0.3, -0.25) is 14.9 Å². The molecule has 0 saturated carbocycles. The van der Waals surface area contributed by atoms with Crippen LogP contribution >= 0.6 is 23.9 Å². The van der Waals surface area contributed by atoms with Crippen molar-refractivity contribution in [2.24, 2.45) is 0 Å². The Hall–Kier alpha value is -3.18. The Labute approximate surface area is 280 Å². The molecule has 0 aliphatic carbocycles. The Kier molecular flexibility index (Phi) is 10.2. The van der Waals surface area contributed by atoms with Crippen LogP contribution in [0, 0.1) is 5.82 Å². The topological polar surface area (TPSA) is 94.6 Å². The summed E-state index contributed by atoms with van der Waals surface area (Å²) in [5.41, 5.74) is 4.70. The van der Waals surface area contributed by atoms with Gasteiger partial charge in [0.1, 0.15) is 5.82 Å². The van der Waals surface area contributed by atoms with E-state index >= 15 is 4.39 Å². The Bertz CT molecular complexity index is 1690. The van der Waals surface area contributed by atoms with Crippen molar-refractivity contribution in [1.29, 1.82) is 0 Å². The average molecular weight is 711 g/mol. The summed E-state index contributed by atoms with van der Waals surface area (Å²) >= 11 is 3.60. The summed E-state index contributed by atoms with van der Waals surface area (Å²) in [7, 11) is 3.18. The first-order valence-electron chi connectivity index (χ1n) is 15.8.